The van der Waals surface area contributed by atoms with E-state index in [1.165, 1.54) is 6.07 Å². The van der Waals surface area contributed by atoms with E-state index in [1.54, 1.807) is 13.0 Å². The largest absolute Gasteiger partial charge is 0.350 e. The summed E-state index contributed by atoms with van der Waals surface area (Å²) in [7, 11) is 0. The smallest absolute Gasteiger partial charge is 0.236 e. The molecule has 130 valence electrons. The second-order valence-corrected chi connectivity index (χ2v) is 6.14. The maximum absolute atomic E-state index is 13.6. The number of benzene rings is 1. The van der Waals surface area contributed by atoms with Crippen molar-refractivity contribution in [1.29, 1.82) is 0 Å². The Bertz CT molecular complexity index is 554. The predicted octanol–water partition coefficient (Wildman–Crippen LogP) is 2.37. The molecule has 1 aromatic carbocycles. The van der Waals surface area contributed by atoms with Gasteiger partial charge in [0.15, 0.2) is 11.6 Å². The van der Waals surface area contributed by atoms with Gasteiger partial charge in [-0.05, 0) is 44.9 Å². The highest BCUT2D eigenvalue weighted by atomic mass is 35.5. The summed E-state index contributed by atoms with van der Waals surface area (Å²) in [5.74, 6) is -1.97. The Morgan fingerprint density at radius 1 is 1.30 bits per heavy atom. The molecule has 2 unspecified atom stereocenters. The van der Waals surface area contributed by atoms with Crippen molar-refractivity contribution < 1.29 is 13.6 Å². The van der Waals surface area contributed by atoms with Gasteiger partial charge in [0.2, 0.25) is 5.91 Å². The molecule has 3 atom stereocenters. The number of carbonyl (C=O) groups excluding carboxylic acids is 1. The second-order valence-electron chi connectivity index (χ2n) is 6.14. The molecule has 0 aliphatic carbocycles. The molecule has 0 radical (unpaired) electrons. The van der Waals surface area contributed by atoms with Crippen LogP contribution in [0.2, 0.25) is 0 Å². The van der Waals surface area contributed by atoms with Gasteiger partial charge in [0, 0.05) is 18.6 Å². The molecule has 1 aliphatic heterocycles. The predicted molar refractivity (Wildman–Crippen MR) is 88.4 cm³/mol. The summed E-state index contributed by atoms with van der Waals surface area (Å²) in [6.07, 6.45) is 0.750. The van der Waals surface area contributed by atoms with Gasteiger partial charge in [0.25, 0.3) is 0 Å². The van der Waals surface area contributed by atoms with Gasteiger partial charge >= 0.3 is 0 Å². The minimum Gasteiger partial charge on any atom is -0.350 e. The summed E-state index contributed by atoms with van der Waals surface area (Å²) in [6.45, 7) is 6.49. The molecule has 1 fully saturated rings. The van der Waals surface area contributed by atoms with Crippen LogP contribution in [-0.2, 0) is 4.79 Å². The molecule has 0 saturated carbocycles. The van der Waals surface area contributed by atoms with E-state index >= 15 is 0 Å². The summed E-state index contributed by atoms with van der Waals surface area (Å²) < 4.78 is 26.8. The standard InChI is InChI=1S/C16H23F2N3O.ClH/c1-9(2)21-7-6-14(20-16(22)10(3)19)15(21)11-4-5-12(17)13(18)8-11;/h4-5,8-10,14-15H,6-7,19H2,1-3H3,(H,20,22);1H/t10-,14?,15?;/m1./s1. The lowest BCUT2D eigenvalue weighted by molar-refractivity contribution is -0.122. The Labute approximate surface area is 141 Å². The summed E-state index contributed by atoms with van der Waals surface area (Å²) in [6, 6.07) is 3.21. The first-order valence-corrected chi connectivity index (χ1v) is 7.58. The first-order chi connectivity index (χ1) is 10.3. The molecule has 1 aromatic rings. The van der Waals surface area contributed by atoms with Crippen LogP contribution in [0.5, 0.6) is 0 Å². The average Bonchev–Trinajstić information content (AvgIpc) is 2.85. The molecule has 0 bridgehead atoms. The third-order valence-corrected chi connectivity index (χ3v) is 4.13. The van der Waals surface area contributed by atoms with Crippen LogP contribution in [0.25, 0.3) is 0 Å². The number of nitrogens with zero attached hydrogens (tertiary/aromatic N) is 1. The normalized spacial score (nSPS) is 22.7. The van der Waals surface area contributed by atoms with Crippen molar-refractivity contribution >= 4 is 18.3 Å². The number of nitrogens with two attached hydrogens (primary N) is 1. The molecule has 1 aliphatic rings. The second kappa shape index (κ2) is 8.04. The van der Waals surface area contributed by atoms with Gasteiger partial charge in [-0.25, -0.2) is 8.78 Å². The number of rotatable bonds is 4. The number of nitrogens with one attached hydrogen (secondary N) is 1. The van der Waals surface area contributed by atoms with Gasteiger partial charge in [-0.2, -0.15) is 0 Å². The highest BCUT2D eigenvalue weighted by Crippen LogP contribution is 2.34. The molecular formula is C16H24ClF2N3O. The first kappa shape index (κ1) is 19.8. The van der Waals surface area contributed by atoms with Crippen LogP contribution in [0.1, 0.15) is 38.8 Å². The molecule has 23 heavy (non-hydrogen) atoms. The number of hydrogen-bond acceptors (Lipinski definition) is 3. The highest BCUT2D eigenvalue weighted by Gasteiger charge is 2.38. The molecule has 7 heteroatoms. The molecule has 3 N–H and O–H groups in total. The van der Waals surface area contributed by atoms with E-state index in [0.717, 1.165) is 19.0 Å². The van der Waals surface area contributed by atoms with Crippen LogP contribution < -0.4 is 11.1 Å². The molecule has 1 saturated heterocycles. The number of halogens is 3. The van der Waals surface area contributed by atoms with E-state index in [0.29, 0.717) is 5.56 Å². The van der Waals surface area contributed by atoms with Gasteiger partial charge in [-0.1, -0.05) is 6.07 Å². The SMILES string of the molecule is CC(C)N1CCC(NC(=O)[C@@H](C)N)C1c1ccc(F)c(F)c1.Cl. The molecule has 1 amide bonds. The summed E-state index contributed by atoms with van der Waals surface area (Å²) in [5.41, 5.74) is 6.27. The fourth-order valence-electron chi connectivity index (χ4n) is 2.98. The fraction of sp³-hybridized carbons (Fsp3) is 0.562. The van der Waals surface area contributed by atoms with E-state index in [2.05, 4.69) is 10.2 Å². The zero-order chi connectivity index (χ0) is 16.4. The van der Waals surface area contributed by atoms with E-state index in [4.69, 9.17) is 5.73 Å². The molecule has 4 nitrogen and oxygen atoms in total. The molecular weight excluding hydrogens is 324 g/mol. The van der Waals surface area contributed by atoms with Crippen molar-refractivity contribution in [2.45, 2.75) is 51.4 Å². The minimum atomic E-state index is -0.870. The van der Waals surface area contributed by atoms with Crippen LogP contribution in [0.3, 0.4) is 0 Å². The zero-order valence-electron chi connectivity index (χ0n) is 13.6. The first-order valence-electron chi connectivity index (χ1n) is 7.58. The monoisotopic (exact) mass is 347 g/mol. The van der Waals surface area contributed by atoms with Crippen molar-refractivity contribution in [3.63, 3.8) is 0 Å². The third kappa shape index (κ3) is 4.40. The summed E-state index contributed by atoms with van der Waals surface area (Å²) in [4.78, 5) is 14.1. The lowest BCUT2D eigenvalue weighted by Crippen LogP contribution is -2.46. The van der Waals surface area contributed by atoms with E-state index in [9.17, 15) is 13.6 Å². The number of amides is 1. The quantitative estimate of drug-likeness (QED) is 0.879. The van der Waals surface area contributed by atoms with Gasteiger partial charge in [-0.3, -0.25) is 9.69 Å². The number of carbonyl (C=O) groups is 1. The number of likely N-dealkylation sites (tertiary alicyclic amines) is 1. The van der Waals surface area contributed by atoms with Crippen LogP contribution in [0.4, 0.5) is 8.78 Å². The Balaban J connectivity index is 0.00000264. The lowest BCUT2D eigenvalue weighted by Gasteiger charge is -2.32. The highest BCUT2D eigenvalue weighted by molar-refractivity contribution is 5.85. The maximum atomic E-state index is 13.6. The summed E-state index contributed by atoms with van der Waals surface area (Å²) in [5, 5.41) is 2.92. The zero-order valence-corrected chi connectivity index (χ0v) is 14.4. The van der Waals surface area contributed by atoms with Crippen molar-refractivity contribution in [2.24, 2.45) is 5.73 Å². The van der Waals surface area contributed by atoms with Gasteiger partial charge < -0.3 is 11.1 Å². The minimum absolute atomic E-state index is 0. The van der Waals surface area contributed by atoms with Gasteiger partial charge in [0.05, 0.1) is 12.1 Å². The Kier molecular flexibility index (Phi) is 6.92. The Morgan fingerprint density at radius 2 is 1.96 bits per heavy atom. The molecule has 1 heterocycles. The van der Waals surface area contributed by atoms with Crippen LogP contribution in [-0.4, -0.2) is 35.5 Å². The maximum Gasteiger partial charge on any atom is 0.236 e. The van der Waals surface area contributed by atoms with Gasteiger partial charge in [-0.15, -0.1) is 12.4 Å². The van der Waals surface area contributed by atoms with E-state index in [-0.39, 0.29) is 36.4 Å². The van der Waals surface area contributed by atoms with E-state index < -0.39 is 17.7 Å². The lowest BCUT2D eigenvalue weighted by atomic mass is 9.98. The van der Waals surface area contributed by atoms with Crippen molar-refractivity contribution in [3.8, 4) is 0 Å². The molecule has 2 rings (SSSR count). The van der Waals surface area contributed by atoms with Crippen molar-refractivity contribution in [3.05, 3.63) is 35.4 Å². The Morgan fingerprint density at radius 3 is 2.48 bits per heavy atom. The van der Waals surface area contributed by atoms with Crippen molar-refractivity contribution in [2.75, 3.05) is 6.54 Å². The molecule has 0 aromatic heterocycles. The van der Waals surface area contributed by atoms with Crippen LogP contribution in [0, 0.1) is 11.6 Å². The average molecular weight is 348 g/mol. The molecule has 0 spiro atoms. The van der Waals surface area contributed by atoms with Crippen LogP contribution >= 0.6 is 12.4 Å². The van der Waals surface area contributed by atoms with Gasteiger partial charge in [0.1, 0.15) is 0 Å². The third-order valence-electron chi connectivity index (χ3n) is 4.13. The topological polar surface area (TPSA) is 58.4 Å². The van der Waals surface area contributed by atoms with Crippen molar-refractivity contribution in [1.82, 2.24) is 10.2 Å². The van der Waals surface area contributed by atoms with Crippen LogP contribution in [0.15, 0.2) is 18.2 Å². The fourth-order valence-corrected chi connectivity index (χ4v) is 2.98. The number of hydrogen-bond donors (Lipinski definition) is 2. The van der Waals surface area contributed by atoms with E-state index in [1.807, 2.05) is 13.8 Å². The Hall–Kier alpha value is -1.24. The summed E-state index contributed by atoms with van der Waals surface area (Å²) >= 11 is 0.